The molecule has 230 valence electrons. The van der Waals surface area contributed by atoms with E-state index >= 15 is 4.39 Å². The molecule has 3 aromatic carbocycles. The Hall–Kier alpha value is -4.55. The van der Waals surface area contributed by atoms with E-state index in [1.165, 1.54) is 31.4 Å². The first-order valence-electron chi connectivity index (χ1n) is 13.5. The summed E-state index contributed by atoms with van der Waals surface area (Å²) < 4.78 is 114. The van der Waals surface area contributed by atoms with Crippen molar-refractivity contribution in [3.63, 3.8) is 0 Å². The Morgan fingerprint density at radius 2 is 1.77 bits per heavy atom. The van der Waals surface area contributed by atoms with E-state index in [9.17, 15) is 31.1 Å². The molecule has 0 amide bonds. The van der Waals surface area contributed by atoms with E-state index in [0.29, 0.717) is 17.6 Å². The van der Waals surface area contributed by atoms with Crippen LogP contribution in [0.2, 0.25) is 0 Å². The first-order valence-corrected chi connectivity index (χ1v) is 13.5. The highest BCUT2D eigenvalue weighted by Gasteiger charge is 2.40. The first kappa shape index (κ1) is 29.5. The number of carbonyl (C=O) groups is 1. The summed E-state index contributed by atoms with van der Waals surface area (Å²) in [5.41, 5.74) is -1.25. The van der Waals surface area contributed by atoms with Crippen LogP contribution in [0.4, 0.5) is 30.7 Å². The second-order valence-electron chi connectivity index (χ2n) is 10.5. The second kappa shape index (κ2) is 10.9. The number of carbonyl (C=O) groups excluding carboxylic acids is 1. The van der Waals surface area contributed by atoms with E-state index in [2.05, 4.69) is 5.10 Å². The molecule has 44 heavy (non-hydrogen) atoms. The second-order valence-corrected chi connectivity index (χ2v) is 10.5. The Balaban J connectivity index is 1.32. The number of methoxy groups -OCH3 is 1. The maximum absolute atomic E-state index is 15.4. The Bertz CT molecular complexity index is 1730. The number of fused-ring (bicyclic) bond motifs is 2. The summed E-state index contributed by atoms with van der Waals surface area (Å²) in [5.74, 6) is -0.830. The van der Waals surface area contributed by atoms with Crippen LogP contribution >= 0.6 is 0 Å². The molecule has 13 heteroatoms. The number of hydrogen-bond acceptors (Lipinski definition) is 5. The van der Waals surface area contributed by atoms with E-state index in [4.69, 9.17) is 14.2 Å². The highest BCUT2D eigenvalue weighted by Crippen LogP contribution is 2.48. The van der Waals surface area contributed by atoms with Crippen molar-refractivity contribution in [2.75, 3.05) is 13.7 Å². The fourth-order valence-electron chi connectivity index (χ4n) is 5.76. The third-order valence-electron chi connectivity index (χ3n) is 7.79. The number of rotatable bonds is 6. The number of ether oxygens (including phenoxy) is 3. The van der Waals surface area contributed by atoms with Gasteiger partial charge in [-0.2, -0.15) is 31.4 Å². The molecule has 4 aromatic rings. The van der Waals surface area contributed by atoms with Crippen molar-refractivity contribution in [2.45, 2.75) is 43.6 Å². The van der Waals surface area contributed by atoms with Crippen molar-refractivity contribution in [3.05, 3.63) is 94.6 Å². The van der Waals surface area contributed by atoms with Gasteiger partial charge in [0.15, 0.2) is 5.69 Å². The number of hydrogen-bond donors (Lipinski definition) is 0. The molecule has 2 heterocycles. The van der Waals surface area contributed by atoms with Gasteiger partial charge in [-0.05, 0) is 59.9 Å². The van der Waals surface area contributed by atoms with Crippen LogP contribution in [-0.2, 0) is 28.3 Å². The van der Waals surface area contributed by atoms with E-state index in [1.54, 1.807) is 18.2 Å². The molecule has 0 bridgehead atoms. The Morgan fingerprint density at radius 1 is 1.02 bits per heavy atom. The number of aromatic nitrogens is 2. The van der Waals surface area contributed by atoms with Crippen LogP contribution < -0.4 is 9.47 Å². The summed E-state index contributed by atoms with van der Waals surface area (Å²) in [6, 6.07) is 11.6. The minimum atomic E-state index is -4.88. The summed E-state index contributed by atoms with van der Waals surface area (Å²) in [6.45, 7) is 0.265. The van der Waals surface area contributed by atoms with Gasteiger partial charge in [-0.15, -0.1) is 0 Å². The Morgan fingerprint density at radius 3 is 2.43 bits per heavy atom. The monoisotopic (exact) mass is 620 g/mol. The predicted octanol–water partition coefficient (Wildman–Crippen LogP) is 7.82. The van der Waals surface area contributed by atoms with Gasteiger partial charge in [0.25, 0.3) is 0 Å². The van der Waals surface area contributed by atoms with Gasteiger partial charge < -0.3 is 14.2 Å². The van der Waals surface area contributed by atoms with Gasteiger partial charge in [0, 0.05) is 29.3 Å². The molecule has 0 saturated heterocycles. The minimum absolute atomic E-state index is 0.00366. The van der Waals surface area contributed by atoms with Crippen LogP contribution in [0.15, 0.2) is 60.8 Å². The molecule has 0 saturated carbocycles. The fourth-order valence-corrected chi connectivity index (χ4v) is 5.76. The topological polar surface area (TPSA) is 62.6 Å². The van der Waals surface area contributed by atoms with Crippen LogP contribution in [0, 0.1) is 5.82 Å². The van der Waals surface area contributed by atoms with Crippen LogP contribution in [0.3, 0.4) is 0 Å². The molecule has 0 fully saturated rings. The number of esters is 1. The Kier molecular flexibility index (Phi) is 7.29. The first-order chi connectivity index (χ1) is 20.8. The molecule has 0 N–H and O–H groups in total. The van der Waals surface area contributed by atoms with E-state index in [-0.39, 0.29) is 65.7 Å². The highest BCUT2D eigenvalue weighted by molar-refractivity contribution is 5.75. The minimum Gasteiger partial charge on any atom is -0.492 e. The van der Waals surface area contributed by atoms with Crippen molar-refractivity contribution in [1.29, 1.82) is 0 Å². The molecule has 2 atom stereocenters. The van der Waals surface area contributed by atoms with Crippen LogP contribution in [0.5, 0.6) is 11.5 Å². The summed E-state index contributed by atoms with van der Waals surface area (Å²) in [5, 5.41) is 3.49. The number of alkyl halides is 6. The molecule has 0 unspecified atom stereocenters. The normalized spacial score (nSPS) is 17.6. The average Bonchev–Trinajstić information content (AvgIpc) is 3.72. The van der Waals surface area contributed by atoms with Crippen LogP contribution in [0.1, 0.15) is 52.8 Å². The zero-order valence-corrected chi connectivity index (χ0v) is 22.9. The molecule has 6 rings (SSSR count). The maximum Gasteiger partial charge on any atom is 0.435 e. The lowest BCUT2D eigenvalue weighted by Crippen LogP contribution is -2.13. The maximum atomic E-state index is 15.4. The quantitative estimate of drug-likeness (QED) is 0.163. The lowest BCUT2D eigenvalue weighted by molar-refractivity contribution is -0.142. The molecule has 1 aliphatic heterocycles. The van der Waals surface area contributed by atoms with Gasteiger partial charge in [-0.25, -0.2) is 9.07 Å². The van der Waals surface area contributed by atoms with Crippen molar-refractivity contribution in [1.82, 2.24) is 9.78 Å². The highest BCUT2D eigenvalue weighted by atomic mass is 19.4. The number of benzene rings is 3. The fraction of sp³-hybridized carbons (Fsp3) is 0.290. The lowest BCUT2D eigenvalue weighted by Gasteiger charge is -2.21. The van der Waals surface area contributed by atoms with Crippen LogP contribution in [0.25, 0.3) is 16.8 Å². The van der Waals surface area contributed by atoms with E-state index in [0.717, 1.165) is 22.5 Å². The number of nitrogens with zero attached hydrogens (tertiary/aromatic N) is 2. The zero-order chi connectivity index (χ0) is 31.4. The van der Waals surface area contributed by atoms with Crippen molar-refractivity contribution < 1.29 is 49.7 Å². The Labute approximate surface area is 246 Å². The standard InChI is InChI=1S/C31H23F7N2O4/c1-42-27(41)12-17-15-43-25-13-19(6-7-20(17)25)44-24-9-8-21-28(22(30(33,34)35)14-23(32)29(21)24)16-2-4-18(5-3-16)40-11-10-26(39-40)31(36,37)38/h2-7,10-11,13-14,17,24H,8-9,12,15H2,1H3/t17-,24-/m1/s1. The summed E-state index contributed by atoms with van der Waals surface area (Å²) in [6.07, 6.45) is -8.90. The average molecular weight is 621 g/mol. The molecule has 0 spiro atoms. The molecule has 0 radical (unpaired) electrons. The molecule has 2 aliphatic rings. The van der Waals surface area contributed by atoms with E-state index < -0.39 is 35.5 Å². The molecule has 1 aliphatic carbocycles. The van der Waals surface area contributed by atoms with Crippen molar-refractivity contribution in [3.8, 4) is 28.3 Å². The number of halogens is 7. The van der Waals surface area contributed by atoms with E-state index in [1.807, 2.05) is 0 Å². The van der Waals surface area contributed by atoms with Gasteiger partial charge in [0.2, 0.25) is 0 Å². The molecule has 1 aromatic heterocycles. The predicted molar refractivity (Wildman–Crippen MR) is 142 cm³/mol. The zero-order valence-electron chi connectivity index (χ0n) is 22.9. The van der Waals surface area contributed by atoms with Crippen molar-refractivity contribution in [2.24, 2.45) is 0 Å². The molecule has 6 nitrogen and oxygen atoms in total. The summed E-state index contributed by atoms with van der Waals surface area (Å²) in [7, 11) is 1.30. The largest absolute Gasteiger partial charge is 0.492 e. The van der Waals surface area contributed by atoms with Gasteiger partial charge in [0.05, 0.1) is 31.4 Å². The molecular weight excluding hydrogens is 597 g/mol. The third-order valence-corrected chi connectivity index (χ3v) is 7.79. The van der Waals surface area contributed by atoms with Gasteiger partial charge in [-0.3, -0.25) is 4.79 Å². The van der Waals surface area contributed by atoms with Crippen molar-refractivity contribution >= 4 is 5.97 Å². The lowest BCUT2D eigenvalue weighted by atomic mass is 9.90. The van der Waals surface area contributed by atoms with Crippen LogP contribution in [-0.4, -0.2) is 29.5 Å². The van der Waals surface area contributed by atoms with Gasteiger partial charge in [-0.1, -0.05) is 18.2 Å². The summed E-state index contributed by atoms with van der Waals surface area (Å²) >= 11 is 0. The molecular formula is C31H23F7N2O4. The van der Waals surface area contributed by atoms with Gasteiger partial charge in [0.1, 0.15) is 23.4 Å². The SMILES string of the molecule is COC(=O)C[C@@H]1COc2cc(O[C@@H]3CCc4c(-c5ccc(-n6ccc(C(F)(F)F)n6)cc5)c(C(F)(F)F)cc(F)c43)ccc21. The third kappa shape index (κ3) is 5.46. The smallest absolute Gasteiger partial charge is 0.435 e. The van der Waals surface area contributed by atoms with Gasteiger partial charge >= 0.3 is 18.3 Å². The summed E-state index contributed by atoms with van der Waals surface area (Å²) in [4.78, 5) is 11.7.